The van der Waals surface area contributed by atoms with E-state index < -0.39 is 0 Å². The van der Waals surface area contributed by atoms with E-state index in [0.29, 0.717) is 28.5 Å². The molecule has 1 aliphatic rings. The molecule has 1 aliphatic heterocycles. The van der Waals surface area contributed by atoms with Gasteiger partial charge in [-0.3, -0.25) is 0 Å². The number of methoxy groups -OCH3 is 3. The quantitative estimate of drug-likeness (QED) is 0.430. The summed E-state index contributed by atoms with van der Waals surface area (Å²) in [5.74, 6) is 3.58. The van der Waals surface area contributed by atoms with Crippen LogP contribution in [0.5, 0.6) is 23.0 Å². The summed E-state index contributed by atoms with van der Waals surface area (Å²) in [5, 5.41) is 10.1. The molecule has 27 heavy (non-hydrogen) atoms. The first-order valence-electron chi connectivity index (χ1n) is 8.16. The van der Waals surface area contributed by atoms with Gasteiger partial charge in [0.25, 0.3) is 0 Å². The summed E-state index contributed by atoms with van der Waals surface area (Å²) >= 11 is 0.146. The van der Waals surface area contributed by atoms with E-state index in [1.807, 2.05) is 12.1 Å². The number of phenolic OH excluding ortho intramolecular Hbond substituents is 1. The molecule has 1 unspecified atom stereocenters. The minimum absolute atomic E-state index is 0.0204. The number of carbonyl (C=O) groups is 1. The zero-order valence-electron chi connectivity index (χ0n) is 15.6. The minimum atomic E-state index is -0.357. The Bertz CT molecular complexity index is 886. The van der Waals surface area contributed by atoms with Gasteiger partial charge in [-0.1, -0.05) is 0 Å². The summed E-state index contributed by atoms with van der Waals surface area (Å²) in [5.41, 5.74) is 1.94. The molecule has 1 atom stereocenters. The Balaban J connectivity index is 2.06. The van der Waals surface area contributed by atoms with Crippen molar-refractivity contribution in [3.63, 3.8) is 0 Å². The fourth-order valence-electron chi connectivity index (χ4n) is 3.18. The summed E-state index contributed by atoms with van der Waals surface area (Å²) in [6, 6.07) is 8.47. The Labute approximate surface area is 164 Å². The number of carbonyl (C=O) groups excluding carboxylic acids is 1. The molecular formula is C20H21NO5Se. The Hall–Kier alpha value is -2.63. The molecule has 142 valence electrons. The summed E-state index contributed by atoms with van der Waals surface area (Å²) in [6.07, 6.45) is 0. The number of hydrogen-bond acceptors (Lipinski definition) is 5. The molecule has 0 aliphatic carbocycles. The molecule has 1 fully saturated rings. The third-order valence-corrected chi connectivity index (χ3v) is 6.09. The Morgan fingerprint density at radius 3 is 2.33 bits per heavy atom. The number of hydrogen-bond donors (Lipinski definition) is 1. The number of aromatic hydroxyl groups is 1. The molecule has 6 nitrogen and oxygen atoms in total. The summed E-state index contributed by atoms with van der Waals surface area (Å²) in [4.78, 5) is 14.2. The Kier molecular flexibility index (Phi) is 5.35. The van der Waals surface area contributed by atoms with Crippen molar-refractivity contribution >= 4 is 31.0 Å². The molecule has 0 radical (unpaired) electrons. The molecule has 0 spiro atoms. The van der Waals surface area contributed by atoms with Crippen molar-refractivity contribution < 1.29 is 24.1 Å². The van der Waals surface area contributed by atoms with Crippen LogP contribution >= 0.6 is 0 Å². The number of anilines is 1. The van der Waals surface area contributed by atoms with Crippen molar-refractivity contribution in [1.29, 1.82) is 0 Å². The van der Waals surface area contributed by atoms with Crippen LogP contribution in [0.1, 0.15) is 11.6 Å². The van der Waals surface area contributed by atoms with Crippen LogP contribution in [0.2, 0.25) is 5.82 Å². The van der Waals surface area contributed by atoms with Gasteiger partial charge in [0, 0.05) is 0 Å². The van der Waals surface area contributed by atoms with E-state index in [4.69, 9.17) is 14.2 Å². The van der Waals surface area contributed by atoms with Gasteiger partial charge in [0.2, 0.25) is 0 Å². The van der Waals surface area contributed by atoms with Crippen molar-refractivity contribution in [2.75, 3.05) is 26.2 Å². The van der Waals surface area contributed by atoms with Gasteiger partial charge in [0.05, 0.1) is 0 Å². The van der Waals surface area contributed by atoms with Crippen LogP contribution in [0.4, 0.5) is 5.69 Å². The standard InChI is InChI=1S/C20H21NO5Se/c1-11-18(12-6-7-15(24-2)14(22)8-12)21(20(11)23)13-9-16(25-3)19(26-4)17(10-13)27-5/h6-10,18,22H,1H2,2-5H3. The number of nitrogens with zero attached hydrogens (tertiary/aromatic N) is 1. The van der Waals surface area contributed by atoms with Crippen LogP contribution in [-0.4, -0.2) is 47.3 Å². The SMILES string of the molecule is C=C1C(=O)N(c2cc(OC)c(OC)c([Se]C)c2)C1c1ccc(OC)c(O)c1. The first-order valence-corrected chi connectivity index (χ1v) is 10.7. The molecule has 7 heteroatoms. The number of benzene rings is 2. The molecule has 1 saturated heterocycles. The molecule has 2 aromatic rings. The first-order chi connectivity index (χ1) is 13.0. The second kappa shape index (κ2) is 7.54. The van der Waals surface area contributed by atoms with Gasteiger partial charge in [-0.15, -0.1) is 0 Å². The molecule has 0 saturated carbocycles. The van der Waals surface area contributed by atoms with Crippen LogP contribution < -0.4 is 23.6 Å². The van der Waals surface area contributed by atoms with Crippen molar-refractivity contribution in [2.45, 2.75) is 11.9 Å². The van der Waals surface area contributed by atoms with E-state index in [2.05, 4.69) is 12.4 Å². The van der Waals surface area contributed by atoms with E-state index >= 15 is 0 Å². The van der Waals surface area contributed by atoms with Crippen LogP contribution in [0.3, 0.4) is 0 Å². The third-order valence-electron chi connectivity index (χ3n) is 4.53. The van der Waals surface area contributed by atoms with Crippen LogP contribution in [0.15, 0.2) is 42.5 Å². The van der Waals surface area contributed by atoms with E-state index in [1.54, 1.807) is 37.3 Å². The fraction of sp³-hybridized carbons (Fsp3) is 0.250. The number of rotatable bonds is 6. The normalized spacial score (nSPS) is 16.1. The van der Waals surface area contributed by atoms with Gasteiger partial charge in [-0.05, 0) is 0 Å². The zero-order chi connectivity index (χ0) is 19.7. The number of amides is 1. The van der Waals surface area contributed by atoms with Crippen LogP contribution in [0.25, 0.3) is 0 Å². The number of ether oxygens (including phenoxy) is 3. The number of phenols is 1. The number of β-lactam (4-membered cyclic amide) rings is 1. The molecule has 2 aromatic carbocycles. The van der Waals surface area contributed by atoms with E-state index in [0.717, 1.165) is 10.0 Å². The van der Waals surface area contributed by atoms with Gasteiger partial charge in [-0.2, -0.15) is 0 Å². The van der Waals surface area contributed by atoms with E-state index in [1.165, 1.54) is 7.11 Å². The Morgan fingerprint density at radius 1 is 1.07 bits per heavy atom. The monoisotopic (exact) mass is 435 g/mol. The predicted octanol–water partition coefficient (Wildman–Crippen LogP) is 2.44. The third kappa shape index (κ3) is 3.13. The van der Waals surface area contributed by atoms with Gasteiger partial charge in [0.15, 0.2) is 0 Å². The molecule has 3 rings (SSSR count). The topological polar surface area (TPSA) is 68.2 Å². The molecule has 1 N–H and O–H groups in total. The molecule has 1 amide bonds. The molecule has 1 heterocycles. The second-order valence-corrected chi connectivity index (χ2v) is 7.70. The zero-order valence-corrected chi connectivity index (χ0v) is 17.3. The van der Waals surface area contributed by atoms with Gasteiger partial charge < -0.3 is 0 Å². The van der Waals surface area contributed by atoms with Crippen molar-refractivity contribution in [1.82, 2.24) is 0 Å². The first kappa shape index (κ1) is 19.1. The maximum absolute atomic E-state index is 12.6. The van der Waals surface area contributed by atoms with Gasteiger partial charge >= 0.3 is 164 Å². The average Bonchev–Trinajstić information content (AvgIpc) is 2.69. The van der Waals surface area contributed by atoms with Gasteiger partial charge in [-0.25, -0.2) is 0 Å². The van der Waals surface area contributed by atoms with Gasteiger partial charge in [0.1, 0.15) is 0 Å². The van der Waals surface area contributed by atoms with E-state index in [-0.39, 0.29) is 32.7 Å². The second-order valence-electron chi connectivity index (χ2n) is 5.92. The predicted molar refractivity (Wildman–Crippen MR) is 105 cm³/mol. The van der Waals surface area contributed by atoms with Crippen LogP contribution in [-0.2, 0) is 4.79 Å². The van der Waals surface area contributed by atoms with Crippen molar-refractivity contribution in [3.8, 4) is 23.0 Å². The average molecular weight is 434 g/mol. The van der Waals surface area contributed by atoms with Crippen molar-refractivity contribution in [2.24, 2.45) is 0 Å². The molecular weight excluding hydrogens is 413 g/mol. The molecule has 0 aromatic heterocycles. The summed E-state index contributed by atoms with van der Waals surface area (Å²) in [6.45, 7) is 3.91. The Morgan fingerprint density at radius 2 is 1.78 bits per heavy atom. The molecule has 0 bridgehead atoms. The van der Waals surface area contributed by atoms with E-state index in [9.17, 15) is 9.90 Å². The maximum atomic E-state index is 12.6. The van der Waals surface area contributed by atoms with Crippen LogP contribution in [0, 0.1) is 0 Å². The fourth-order valence-corrected chi connectivity index (χ4v) is 4.45. The summed E-state index contributed by atoms with van der Waals surface area (Å²) < 4.78 is 17.0. The summed E-state index contributed by atoms with van der Waals surface area (Å²) in [7, 11) is 4.67. The van der Waals surface area contributed by atoms with Crippen molar-refractivity contribution in [3.05, 3.63) is 48.0 Å².